The van der Waals surface area contributed by atoms with Crippen molar-refractivity contribution < 1.29 is 9.47 Å². The molecule has 3 aromatic carbocycles. The summed E-state index contributed by atoms with van der Waals surface area (Å²) >= 11 is 1.63. The van der Waals surface area contributed by atoms with Crippen molar-refractivity contribution in [3.8, 4) is 11.5 Å². The van der Waals surface area contributed by atoms with Crippen LogP contribution in [0.15, 0.2) is 97.0 Å². The molecule has 4 aromatic rings. The van der Waals surface area contributed by atoms with Gasteiger partial charge in [-0.15, -0.1) is 11.3 Å². The van der Waals surface area contributed by atoms with Crippen LogP contribution in [0, 0.1) is 0 Å². The zero-order valence-electron chi connectivity index (χ0n) is 16.7. The Labute approximate surface area is 181 Å². The summed E-state index contributed by atoms with van der Waals surface area (Å²) in [7, 11) is 0. The fourth-order valence-electron chi connectivity index (χ4n) is 3.10. The molecule has 4 heteroatoms. The third-order valence-electron chi connectivity index (χ3n) is 4.67. The molecule has 1 heterocycles. The number of allylic oxidation sites excluding steroid dienone is 1. The van der Waals surface area contributed by atoms with Crippen LogP contribution in [0.3, 0.4) is 0 Å². The highest BCUT2D eigenvalue weighted by molar-refractivity contribution is 7.09. The molecule has 0 radical (unpaired) electrons. The summed E-state index contributed by atoms with van der Waals surface area (Å²) in [6.45, 7) is 5.28. The Morgan fingerprint density at radius 3 is 2.13 bits per heavy atom. The first-order valence-electron chi connectivity index (χ1n) is 9.82. The number of hydrogen-bond donors (Lipinski definition) is 0. The number of thiazole rings is 1. The normalized spacial score (nSPS) is 10.5. The van der Waals surface area contributed by atoms with E-state index in [0.717, 1.165) is 38.8 Å². The van der Waals surface area contributed by atoms with Gasteiger partial charge in [0, 0.05) is 29.6 Å². The van der Waals surface area contributed by atoms with E-state index in [1.54, 1.807) is 11.3 Å². The molecule has 0 fully saturated rings. The Balaban J connectivity index is 1.53. The summed E-state index contributed by atoms with van der Waals surface area (Å²) in [6.07, 6.45) is 2.52. The number of rotatable bonds is 9. The van der Waals surface area contributed by atoms with E-state index in [1.165, 1.54) is 0 Å². The van der Waals surface area contributed by atoms with Crippen molar-refractivity contribution in [1.29, 1.82) is 0 Å². The number of benzene rings is 3. The SMILES string of the molecule is C=C(Cc1nccs1)c1ccc(OCc2ccccc2)cc1OCc1ccccc1. The molecule has 4 rings (SSSR count). The van der Waals surface area contributed by atoms with E-state index in [1.807, 2.05) is 66.2 Å². The van der Waals surface area contributed by atoms with Gasteiger partial charge in [-0.2, -0.15) is 0 Å². The van der Waals surface area contributed by atoms with Crippen molar-refractivity contribution >= 4 is 16.9 Å². The maximum Gasteiger partial charge on any atom is 0.130 e. The van der Waals surface area contributed by atoms with Crippen LogP contribution in [-0.2, 0) is 19.6 Å². The third kappa shape index (κ3) is 5.37. The third-order valence-corrected chi connectivity index (χ3v) is 5.45. The summed E-state index contributed by atoms with van der Waals surface area (Å²) < 4.78 is 12.2. The van der Waals surface area contributed by atoms with Crippen molar-refractivity contribution in [2.24, 2.45) is 0 Å². The number of ether oxygens (including phenoxy) is 2. The minimum absolute atomic E-state index is 0.487. The van der Waals surface area contributed by atoms with Crippen molar-refractivity contribution in [1.82, 2.24) is 4.98 Å². The summed E-state index contributed by atoms with van der Waals surface area (Å²) in [5, 5.41) is 3.02. The smallest absolute Gasteiger partial charge is 0.130 e. The summed E-state index contributed by atoms with van der Waals surface area (Å²) in [5.74, 6) is 1.54. The monoisotopic (exact) mass is 413 g/mol. The molecule has 0 bridgehead atoms. The first kappa shape index (κ1) is 19.9. The number of nitrogens with zero attached hydrogens (tertiary/aromatic N) is 1. The van der Waals surface area contributed by atoms with Crippen molar-refractivity contribution in [3.05, 3.63) is 119 Å². The van der Waals surface area contributed by atoms with Crippen molar-refractivity contribution in [2.75, 3.05) is 0 Å². The molecule has 0 saturated heterocycles. The molecule has 0 aliphatic rings. The Hall–Kier alpha value is -3.37. The predicted molar refractivity (Wildman–Crippen MR) is 123 cm³/mol. The molecule has 0 atom stereocenters. The molecule has 0 unspecified atom stereocenters. The molecule has 0 amide bonds. The molecule has 0 spiro atoms. The van der Waals surface area contributed by atoms with E-state index >= 15 is 0 Å². The zero-order valence-corrected chi connectivity index (χ0v) is 17.5. The largest absolute Gasteiger partial charge is 0.489 e. The van der Waals surface area contributed by atoms with Gasteiger partial charge in [0.2, 0.25) is 0 Å². The molecule has 150 valence electrons. The lowest BCUT2D eigenvalue weighted by Crippen LogP contribution is -2.01. The van der Waals surface area contributed by atoms with Gasteiger partial charge in [0.15, 0.2) is 0 Å². The summed E-state index contributed by atoms with van der Waals surface area (Å²) in [5.41, 5.74) is 4.20. The van der Waals surface area contributed by atoms with Gasteiger partial charge in [0.1, 0.15) is 24.7 Å². The highest BCUT2D eigenvalue weighted by Gasteiger charge is 2.12. The summed E-state index contributed by atoms with van der Waals surface area (Å²) in [4.78, 5) is 4.38. The average Bonchev–Trinajstić information content (AvgIpc) is 3.31. The van der Waals surface area contributed by atoms with Crippen molar-refractivity contribution in [3.63, 3.8) is 0 Å². The molecule has 0 saturated carbocycles. The topological polar surface area (TPSA) is 31.4 Å². The van der Waals surface area contributed by atoms with Gasteiger partial charge in [-0.3, -0.25) is 0 Å². The van der Waals surface area contributed by atoms with Gasteiger partial charge < -0.3 is 9.47 Å². The quantitative estimate of drug-likeness (QED) is 0.311. The Bertz CT molecular complexity index is 1080. The lowest BCUT2D eigenvalue weighted by molar-refractivity contribution is 0.289. The maximum atomic E-state index is 6.20. The first-order chi connectivity index (χ1) is 14.8. The van der Waals surface area contributed by atoms with Crippen LogP contribution in [0.2, 0.25) is 0 Å². The predicted octanol–water partition coefficient (Wildman–Crippen LogP) is 6.56. The summed E-state index contributed by atoms with van der Waals surface area (Å²) in [6, 6.07) is 26.2. The molecule has 1 aromatic heterocycles. The zero-order chi connectivity index (χ0) is 20.6. The standard InChI is InChI=1S/C26H23NO2S/c1-20(16-26-27-14-15-30-26)24-13-12-23(28-18-21-8-4-2-5-9-21)17-25(24)29-19-22-10-6-3-7-11-22/h2-15,17H,1,16,18-19H2. The van der Waals surface area contributed by atoms with Crippen LogP contribution < -0.4 is 9.47 Å². The second-order valence-electron chi connectivity index (χ2n) is 6.91. The molecule has 3 nitrogen and oxygen atoms in total. The van der Waals surface area contributed by atoms with E-state index in [2.05, 4.69) is 35.8 Å². The fourth-order valence-corrected chi connectivity index (χ4v) is 3.76. The molecule has 0 aliphatic heterocycles. The van der Waals surface area contributed by atoms with Gasteiger partial charge in [0.05, 0.1) is 5.01 Å². The molecule has 0 aliphatic carbocycles. The molecule has 0 N–H and O–H groups in total. The first-order valence-corrected chi connectivity index (χ1v) is 10.7. The van der Waals surface area contributed by atoms with E-state index in [4.69, 9.17) is 9.47 Å². The van der Waals surface area contributed by atoms with Gasteiger partial charge in [-0.1, -0.05) is 67.2 Å². The van der Waals surface area contributed by atoms with Crippen LogP contribution in [0.5, 0.6) is 11.5 Å². The Morgan fingerprint density at radius 1 is 0.833 bits per heavy atom. The van der Waals surface area contributed by atoms with Crippen LogP contribution in [0.4, 0.5) is 0 Å². The second kappa shape index (κ2) is 9.90. The maximum absolute atomic E-state index is 6.20. The lowest BCUT2D eigenvalue weighted by atomic mass is 10.0. The Kier molecular flexibility index (Phi) is 6.58. The minimum atomic E-state index is 0.487. The van der Waals surface area contributed by atoms with Crippen LogP contribution in [0.25, 0.3) is 5.57 Å². The second-order valence-corrected chi connectivity index (χ2v) is 7.89. The van der Waals surface area contributed by atoms with E-state index in [9.17, 15) is 0 Å². The fraction of sp³-hybridized carbons (Fsp3) is 0.115. The van der Waals surface area contributed by atoms with Crippen LogP contribution in [-0.4, -0.2) is 4.98 Å². The highest BCUT2D eigenvalue weighted by atomic mass is 32.1. The van der Waals surface area contributed by atoms with Gasteiger partial charge in [-0.05, 0) is 28.8 Å². The average molecular weight is 414 g/mol. The minimum Gasteiger partial charge on any atom is -0.489 e. The van der Waals surface area contributed by atoms with E-state index < -0.39 is 0 Å². The molecular weight excluding hydrogens is 390 g/mol. The number of aromatic nitrogens is 1. The van der Waals surface area contributed by atoms with Gasteiger partial charge in [-0.25, -0.2) is 4.98 Å². The van der Waals surface area contributed by atoms with Crippen LogP contribution in [0.1, 0.15) is 21.7 Å². The van der Waals surface area contributed by atoms with Gasteiger partial charge in [0.25, 0.3) is 0 Å². The Morgan fingerprint density at radius 2 is 1.50 bits per heavy atom. The van der Waals surface area contributed by atoms with E-state index in [-0.39, 0.29) is 0 Å². The van der Waals surface area contributed by atoms with Gasteiger partial charge >= 0.3 is 0 Å². The lowest BCUT2D eigenvalue weighted by Gasteiger charge is -2.15. The van der Waals surface area contributed by atoms with Crippen LogP contribution >= 0.6 is 11.3 Å². The highest BCUT2D eigenvalue weighted by Crippen LogP contribution is 2.32. The van der Waals surface area contributed by atoms with Crippen molar-refractivity contribution in [2.45, 2.75) is 19.6 Å². The molecule has 30 heavy (non-hydrogen) atoms. The molecular formula is C26H23NO2S. The van der Waals surface area contributed by atoms with E-state index in [0.29, 0.717) is 19.6 Å². The number of hydrogen-bond acceptors (Lipinski definition) is 4.